The third-order valence-electron chi connectivity index (χ3n) is 10.2. The number of nitrogens with zero attached hydrogens (tertiary/aromatic N) is 3. The number of hydrogen-bond donors (Lipinski definition) is 0. The average molecular weight is 598 g/mol. The molecule has 0 atom stereocenters. The Bertz CT molecular complexity index is 3020. The van der Waals surface area contributed by atoms with Crippen LogP contribution >= 0.6 is 0 Å². The summed E-state index contributed by atoms with van der Waals surface area (Å²) in [6, 6.07) is 60.0. The molecule has 11 rings (SSSR count). The van der Waals surface area contributed by atoms with Gasteiger partial charge < -0.3 is 13.5 Å². The number of para-hydroxylation sites is 4. The third-order valence-corrected chi connectivity index (χ3v) is 10.2. The van der Waals surface area contributed by atoms with Gasteiger partial charge in [-0.25, -0.2) is 0 Å². The van der Waals surface area contributed by atoms with Crippen molar-refractivity contribution in [3.05, 3.63) is 164 Å². The van der Waals surface area contributed by atoms with Crippen molar-refractivity contribution in [1.29, 1.82) is 0 Å². The van der Waals surface area contributed by atoms with Crippen LogP contribution < -0.4 is 0 Å². The molecular formula is C44H27N3. The zero-order chi connectivity index (χ0) is 30.6. The average Bonchev–Trinajstić information content (AvgIpc) is 3.80. The Morgan fingerprint density at radius 2 is 0.766 bits per heavy atom. The summed E-state index contributed by atoms with van der Waals surface area (Å²) in [5.41, 5.74) is 10.9. The van der Waals surface area contributed by atoms with Crippen LogP contribution in [0, 0.1) is 0 Å². The van der Waals surface area contributed by atoms with E-state index in [9.17, 15) is 0 Å². The van der Waals surface area contributed by atoms with Gasteiger partial charge in [0.15, 0.2) is 0 Å². The van der Waals surface area contributed by atoms with E-state index in [1.807, 2.05) is 0 Å². The second-order valence-electron chi connectivity index (χ2n) is 12.6. The van der Waals surface area contributed by atoms with Gasteiger partial charge in [-0.1, -0.05) is 109 Å². The lowest BCUT2D eigenvalue weighted by atomic mass is 10.1. The van der Waals surface area contributed by atoms with E-state index < -0.39 is 0 Å². The summed E-state index contributed by atoms with van der Waals surface area (Å²) in [5.74, 6) is 0. The molecule has 3 nitrogen and oxygen atoms in total. The van der Waals surface area contributed by atoms with Crippen molar-refractivity contribution in [3.8, 4) is 11.4 Å². The molecule has 7 aromatic carbocycles. The van der Waals surface area contributed by atoms with Crippen molar-refractivity contribution < 1.29 is 0 Å². The van der Waals surface area contributed by atoms with E-state index in [-0.39, 0.29) is 0 Å². The number of pyridine rings is 1. The van der Waals surface area contributed by atoms with Crippen molar-refractivity contribution in [2.45, 2.75) is 0 Å². The van der Waals surface area contributed by atoms with Gasteiger partial charge in [0.1, 0.15) is 0 Å². The van der Waals surface area contributed by atoms with Crippen LogP contribution in [0.15, 0.2) is 164 Å². The second-order valence-corrected chi connectivity index (χ2v) is 12.6. The van der Waals surface area contributed by atoms with Crippen LogP contribution in [0.1, 0.15) is 0 Å². The Morgan fingerprint density at radius 3 is 1.40 bits per heavy atom. The summed E-state index contributed by atoms with van der Waals surface area (Å²) < 4.78 is 7.35. The molecule has 3 heteroatoms. The molecule has 0 aliphatic heterocycles. The molecule has 218 valence electrons. The first-order valence-corrected chi connectivity index (χ1v) is 16.2. The second kappa shape index (κ2) is 9.12. The highest BCUT2D eigenvalue weighted by Gasteiger charge is 2.20. The highest BCUT2D eigenvalue weighted by molar-refractivity contribution is 6.24. The Kier molecular flexibility index (Phi) is 4.84. The minimum absolute atomic E-state index is 1.14. The fourth-order valence-corrected chi connectivity index (χ4v) is 8.28. The van der Waals surface area contributed by atoms with E-state index in [1.54, 1.807) is 0 Å². The van der Waals surface area contributed by atoms with Gasteiger partial charge in [0.2, 0.25) is 0 Å². The maximum absolute atomic E-state index is 2.50. The number of fused-ring (bicyclic) bond motifs is 15. The van der Waals surface area contributed by atoms with Crippen LogP contribution in [0.4, 0.5) is 0 Å². The summed E-state index contributed by atoms with van der Waals surface area (Å²) in [6.45, 7) is 0. The first kappa shape index (κ1) is 24.9. The fourth-order valence-electron chi connectivity index (χ4n) is 8.28. The molecule has 4 heterocycles. The van der Waals surface area contributed by atoms with E-state index in [4.69, 9.17) is 0 Å². The predicted molar refractivity (Wildman–Crippen MR) is 199 cm³/mol. The van der Waals surface area contributed by atoms with Gasteiger partial charge in [-0.3, -0.25) is 0 Å². The van der Waals surface area contributed by atoms with Gasteiger partial charge in [-0.05, 0) is 60.0 Å². The van der Waals surface area contributed by atoms with E-state index in [0.717, 1.165) is 11.4 Å². The van der Waals surface area contributed by atoms with E-state index in [1.165, 1.54) is 81.7 Å². The number of aromatic nitrogens is 3. The zero-order valence-corrected chi connectivity index (χ0v) is 25.4. The van der Waals surface area contributed by atoms with Crippen molar-refractivity contribution in [2.75, 3.05) is 0 Å². The van der Waals surface area contributed by atoms with Gasteiger partial charge >= 0.3 is 0 Å². The van der Waals surface area contributed by atoms with Gasteiger partial charge in [-0.2, -0.15) is 0 Å². The SMILES string of the molecule is c1cc(-n2c3ccccc3c3ccccc32)cc(-n2c3ccccc3c3c2ccc2cc4c5ccccc5c5ccccc5n4c23)c1. The standard InChI is InChI=1S/C44H27N3/c1-2-16-33-31(14-1)32-15-3-9-22-39(32)47-42(33)26-28-24-25-41-43(44(28)47)36-19-6-10-23-40(36)46(41)30-13-11-12-29(27-30)45-37-20-7-4-17-34(37)35-18-5-8-21-38(35)45/h1-27H. The Hall–Kier alpha value is -6.32. The topological polar surface area (TPSA) is 14.3 Å². The molecule has 0 saturated carbocycles. The summed E-state index contributed by atoms with van der Waals surface area (Å²) in [5, 5.41) is 10.2. The molecule has 0 unspecified atom stereocenters. The molecule has 0 aliphatic carbocycles. The highest BCUT2D eigenvalue weighted by Crippen LogP contribution is 2.41. The Labute approximate surface area is 269 Å². The number of benzene rings is 7. The molecular weight excluding hydrogens is 571 g/mol. The predicted octanol–water partition coefficient (Wildman–Crippen LogP) is 11.6. The lowest BCUT2D eigenvalue weighted by molar-refractivity contribution is 1.13. The molecule has 0 amide bonds. The molecule has 0 N–H and O–H groups in total. The van der Waals surface area contributed by atoms with Crippen LogP contribution in [-0.4, -0.2) is 13.5 Å². The zero-order valence-electron chi connectivity index (χ0n) is 25.4. The van der Waals surface area contributed by atoms with Gasteiger partial charge in [0.05, 0.1) is 38.6 Å². The fraction of sp³-hybridized carbons (Fsp3) is 0. The molecule has 0 aliphatic rings. The van der Waals surface area contributed by atoms with Gasteiger partial charge in [0.25, 0.3) is 0 Å². The van der Waals surface area contributed by atoms with Crippen LogP contribution in [0.25, 0.3) is 93.1 Å². The van der Waals surface area contributed by atoms with Gasteiger partial charge in [-0.15, -0.1) is 0 Å². The molecule has 11 aromatic rings. The molecule has 0 fully saturated rings. The summed E-state index contributed by atoms with van der Waals surface area (Å²) in [4.78, 5) is 0. The van der Waals surface area contributed by atoms with Crippen LogP contribution in [0.5, 0.6) is 0 Å². The first-order valence-electron chi connectivity index (χ1n) is 16.2. The summed E-state index contributed by atoms with van der Waals surface area (Å²) in [6.07, 6.45) is 0. The lowest BCUT2D eigenvalue weighted by Gasteiger charge is -2.13. The van der Waals surface area contributed by atoms with Gasteiger partial charge in [0, 0.05) is 49.1 Å². The maximum Gasteiger partial charge on any atom is 0.0635 e. The van der Waals surface area contributed by atoms with Crippen molar-refractivity contribution in [1.82, 2.24) is 13.5 Å². The van der Waals surface area contributed by atoms with Crippen molar-refractivity contribution >= 4 is 81.7 Å². The van der Waals surface area contributed by atoms with E-state index in [2.05, 4.69) is 177 Å². The molecule has 47 heavy (non-hydrogen) atoms. The third kappa shape index (κ3) is 3.25. The minimum Gasteiger partial charge on any atom is -0.309 e. The molecule has 0 saturated heterocycles. The van der Waals surface area contributed by atoms with E-state index in [0.29, 0.717) is 0 Å². The van der Waals surface area contributed by atoms with E-state index >= 15 is 0 Å². The Morgan fingerprint density at radius 1 is 0.298 bits per heavy atom. The Balaban J connectivity index is 1.27. The number of hydrogen-bond acceptors (Lipinski definition) is 0. The largest absolute Gasteiger partial charge is 0.309 e. The van der Waals surface area contributed by atoms with Crippen LogP contribution in [0.2, 0.25) is 0 Å². The van der Waals surface area contributed by atoms with Crippen molar-refractivity contribution in [2.24, 2.45) is 0 Å². The van der Waals surface area contributed by atoms with Crippen LogP contribution in [-0.2, 0) is 0 Å². The maximum atomic E-state index is 2.50. The monoisotopic (exact) mass is 597 g/mol. The smallest absolute Gasteiger partial charge is 0.0635 e. The summed E-state index contributed by atoms with van der Waals surface area (Å²) >= 11 is 0. The van der Waals surface area contributed by atoms with Crippen LogP contribution in [0.3, 0.4) is 0 Å². The lowest BCUT2D eigenvalue weighted by Crippen LogP contribution is -1.98. The minimum atomic E-state index is 1.14. The number of rotatable bonds is 2. The molecule has 4 aromatic heterocycles. The quantitative estimate of drug-likeness (QED) is 0.176. The molecule has 0 radical (unpaired) electrons. The molecule has 0 bridgehead atoms. The first-order chi connectivity index (χ1) is 23.3. The summed E-state index contributed by atoms with van der Waals surface area (Å²) in [7, 11) is 0. The molecule has 0 spiro atoms. The highest BCUT2D eigenvalue weighted by atomic mass is 15.0. The van der Waals surface area contributed by atoms with Crippen molar-refractivity contribution in [3.63, 3.8) is 0 Å². The normalized spacial score (nSPS) is 12.3.